The van der Waals surface area contributed by atoms with Crippen molar-refractivity contribution in [2.75, 3.05) is 18.5 Å². The molecular weight excluding hydrogens is 264 g/mol. The van der Waals surface area contributed by atoms with E-state index in [1.54, 1.807) is 12.1 Å². The molecule has 0 heterocycles. The van der Waals surface area contributed by atoms with Gasteiger partial charge in [-0.2, -0.15) is 0 Å². The first-order valence-electron chi connectivity index (χ1n) is 6.26. The van der Waals surface area contributed by atoms with Crippen molar-refractivity contribution in [3.05, 3.63) is 28.8 Å². The molecule has 0 bridgehead atoms. The smallest absolute Gasteiger partial charge is 0.238 e. The third-order valence-electron chi connectivity index (χ3n) is 2.94. The summed E-state index contributed by atoms with van der Waals surface area (Å²) in [5.41, 5.74) is 1.42. The highest BCUT2D eigenvalue weighted by Crippen LogP contribution is 2.20. The quantitative estimate of drug-likeness (QED) is 0.751. The number of carbonyl (C=O) groups excluding carboxylic acids is 1. The Morgan fingerprint density at radius 3 is 2.74 bits per heavy atom. The first-order chi connectivity index (χ1) is 8.84. The fraction of sp³-hybridized carbons (Fsp3) is 0.500. The van der Waals surface area contributed by atoms with Crippen LogP contribution in [0, 0.1) is 6.92 Å². The summed E-state index contributed by atoms with van der Waals surface area (Å²) in [6.45, 7) is 6.09. The Morgan fingerprint density at radius 2 is 2.11 bits per heavy atom. The number of hydrogen-bond acceptors (Lipinski definition) is 3. The largest absolute Gasteiger partial charge is 0.396 e. The number of nitrogens with one attached hydrogen (secondary N) is 2. The minimum absolute atomic E-state index is 0.0923. The van der Waals surface area contributed by atoms with Crippen LogP contribution in [0.2, 0.25) is 5.02 Å². The van der Waals surface area contributed by atoms with Crippen LogP contribution < -0.4 is 10.6 Å². The van der Waals surface area contributed by atoms with Crippen molar-refractivity contribution in [2.45, 2.75) is 32.7 Å². The second-order valence-corrected chi connectivity index (χ2v) is 5.65. The summed E-state index contributed by atoms with van der Waals surface area (Å²) >= 11 is 5.90. The van der Waals surface area contributed by atoms with Gasteiger partial charge in [-0.15, -0.1) is 0 Å². The van der Waals surface area contributed by atoms with Crippen molar-refractivity contribution in [1.82, 2.24) is 5.32 Å². The van der Waals surface area contributed by atoms with E-state index < -0.39 is 0 Å². The van der Waals surface area contributed by atoms with Crippen LogP contribution in [-0.2, 0) is 4.79 Å². The zero-order valence-electron chi connectivity index (χ0n) is 11.6. The third-order valence-corrected chi connectivity index (χ3v) is 3.17. The SMILES string of the molecule is Cc1ccc(Cl)cc1NC(=O)CNC(C)(C)CCO. The standard InChI is InChI=1S/C14H21ClN2O2/c1-10-4-5-11(15)8-12(10)17-13(19)9-16-14(2,3)6-7-18/h4-5,8,16,18H,6-7,9H2,1-3H3,(H,17,19). The molecule has 0 spiro atoms. The Hall–Kier alpha value is -1.10. The molecule has 5 heteroatoms. The van der Waals surface area contributed by atoms with Gasteiger partial charge in [0.05, 0.1) is 6.54 Å². The lowest BCUT2D eigenvalue weighted by Crippen LogP contribution is -2.44. The molecule has 1 amide bonds. The van der Waals surface area contributed by atoms with Crippen molar-refractivity contribution in [3.8, 4) is 0 Å². The molecule has 4 nitrogen and oxygen atoms in total. The highest BCUT2D eigenvalue weighted by atomic mass is 35.5. The molecule has 0 aliphatic heterocycles. The Bertz CT molecular complexity index is 447. The fourth-order valence-electron chi connectivity index (χ4n) is 1.61. The van der Waals surface area contributed by atoms with Gasteiger partial charge in [0.1, 0.15) is 0 Å². The summed E-state index contributed by atoms with van der Waals surface area (Å²) in [5, 5.41) is 15.4. The summed E-state index contributed by atoms with van der Waals surface area (Å²) in [6, 6.07) is 5.38. The number of amides is 1. The molecule has 0 unspecified atom stereocenters. The first kappa shape index (κ1) is 16.0. The van der Waals surface area contributed by atoms with Crippen LogP contribution in [-0.4, -0.2) is 29.7 Å². The van der Waals surface area contributed by atoms with Gasteiger partial charge in [-0.3, -0.25) is 4.79 Å². The molecule has 0 atom stereocenters. The van der Waals surface area contributed by atoms with E-state index in [1.807, 2.05) is 26.8 Å². The molecule has 106 valence electrons. The Labute approximate surface area is 119 Å². The van der Waals surface area contributed by atoms with Crippen LogP contribution in [0.25, 0.3) is 0 Å². The molecule has 0 saturated carbocycles. The molecule has 1 aromatic rings. The number of hydrogen-bond donors (Lipinski definition) is 3. The third kappa shape index (κ3) is 5.59. The maximum Gasteiger partial charge on any atom is 0.238 e. The van der Waals surface area contributed by atoms with Crippen molar-refractivity contribution in [2.24, 2.45) is 0 Å². The predicted molar refractivity (Wildman–Crippen MR) is 78.6 cm³/mol. The van der Waals surface area contributed by atoms with Crippen molar-refractivity contribution in [1.29, 1.82) is 0 Å². The van der Waals surface area contributed by atoms with Crippen LogP contribution >= 0.6 is 11.6 Å². The number of aliphatic hydroxyl groups excluding tert-OH is 1. The maximum atomic E-state index is 11.8. The Morgan fingerprint density at radius 1 is 1.42 bits per heavy atom. The van der Waals surface area contributed by atoms with Crippen LogP contribution in [0.5, 0.6) is 0 Å². The van der Waals surface area contributed by atoms with Crippen molar-refractivity contribution < 1.29 is 9.90 Å². The lowest BCUT2D eigenvalue weighted by molar-refractivity contribution is -0.115. The summed E-state index contributed by atoms with van der Waals surface area (Å²) in [5.74, 6) is -0.128. The van der Waals surface area contributed by atoms with Gasteiger partial charge in [0.2, 0.25) is 5.91 Å². The number of benzene rings is 1. The van der Waals surface area contributed by atoms with E-state index >= 15 is 0 Å². The summed E-state index contributed by atoms with van der Waals surface area (Å²) in [7, 11) is 0. The fourth-order valence-corrected chi connectivity index (χ4v) is 1.78. The zero-order valence-corrected chi connectivity index (χ0v) is 12.3. The van der Waals surface area contributed by atoms with Gasteiger partial charge in [-0.1, -0.05) is 17.7 Å². The molecule has 1 rings (SSSR count). The average molecular weight is 285 g/mol. The van der Waals surface area contributed by atoms with E-state index in [1.165, 1.54) is 0 Å². The van der Waals surface area contributed by atoms with E-state index in [4.69, 9.17) is 16.7 Å². The molecule has 1 aromatic carbocycles. The monoisotopic (exact) mass is 284 g/mol. The van der Waals surface area contributed by atoms with Gasteiger partial charge in [-0.05, 0) is 44.9 Å². The maximum absolute atomic E-state index is 11.8. The summed E-state index contributed by atoms with van der Waals surface area (Å²) in [6.07, 6.45) is 0.594. The predicted octanol–water partition coefficient (Wildman–Crippen LogP) is 2.34. The highest BCUT2D eigenvalue weighted by molar-refractivity contribution is 6.31. The van der Waals surface area contributed by atoms with Crippen LogP contribution in [0.15, 0.2) is 18.2 Å². The van der Waals surface area contributed by atoms with E-state index in [0.29, 0.717) is 11.4 Å². The zero-order chi connectivity index (χ0) is 14.5. The van der Waals surface area contributed by atoms with Crippen LogP contribution in [0.3, 0.4) is 0 Å². The summed E-state index contributed by atoms with van der Waals surface area (Å²) in [4.78, 5) is 11.8. The van der Waals surface area contributed by atoms with Crippen molar-refractivity contribution in [3.63, 3.8) is 0 Å². The van der Waals surface area contributed by atoms with Crippen LogP contribution in [0.1, 0.15) is 25.8 Å². The van der Waals surface area contributed by atoms with Gasteiger partial charge in [-0.25, -0.2) is 0 Å². The van der Waals surface area contributed by atoms with E-state index in [9.17, 15) is 4.79 Å². The number of carbonyl (C=O) groups is 1. The minimum Gasteiger partial charge on any atom is -0.396 e. The van der Waals surface area contributed by atoms with Gasteiger partial charge in [0.25, 0.3) is 0 Å². The normalized spacial score (nSPS) is 11.4. The number of halogens is 1. The Kier molecular flexibility index (Phi) is 5.79. The molecule has 19 heavy (non-hydrogen) atoms. The minimum atomic E-state index is -0.268. The number of aliphatic hydroxyl groups is 1. The number of rotatable bonds is 6. The second kappa shape index (κ2) is 6.89. The van der Waals surface area contributed by atoms with E-state index in [0.717, 1.165) is 11.3 Å². The molecule has 0 aromatic heterocycles. The molecule has 0 aliphatic rings. The average Bonchev–Trinajstić information content (AvgIpc) is 2.31. The van der Waals surface area contributed by atoms with Gasteiger partial charge in [0.15, 0.2) is 0 Å². The van der Waals surface area contributed by atoms with Gasteiger partial charge < -0.3 is 15.7 Å². The topological polar surface area (TPSA) is 61.4 Å². The Balaban J connectivity index is 2.54. The van der Waals surface area contributed by atoms with E-state index in [2.05, 4.69) is 10.6 Å². The molecule has 3 N–H and O–H groups in total. The van der Waals surface area contributed by atoms with Crippen LogP contribution in [0.4, 0.5) is 5.69 Å². The van der Waals surface area contributed by atoms with E-state index in [-0.39, 0.29) is 24.6 Å². The van der Waals surface area contributed by atoms with Gasteiger partial charge in [0, 0.05) is 22.9 Å². The highest BCUT2D eigenvalue weighted by Gasteiger charge is 2.17. The van der Waals surface area contributed by atoms with Crippen molar-refractivity contribution >= 4 is 23.2 Å². The molecule has 0 radical (unpaired) electrons. The number of anilines is 1. The second-order valence-electron chi connectivity index (χ2n) is 5.22. The lowest BCUT2D eigenvalue weighted by Gasteiger charge is -2.25. The molecular formula is C14H21ClN2O2. The van der Waals surface area contributed by atoms with Gasteiger partial charge >= 0.3 is 0 Å². The number of aryl methyl sites for hydroxylation is 1. The lowest BCUT2D eigenvalue weighted by atomic mass is 10.0. The molecule has 0 fully saturated rings. The first-order valence-corrected chi connectivity index (χ1v) is 6.64. The molecule has 0 aliphatic carbocycles. The summed E-state index contributed by atoms with van der Waals surface area (Å²) < 4.78 is 0. The molecule has 0 saturated heterocycles.